The number of hydrogen-bond acceptors (Lipinski definition) is 5. The third-order valence-corrected chi connectivity index (χ3v) is 5.48. The Hall–Kier alpha value is -3.69. The summed E-state index contributed by atoms with van der Waals surface area (Å²) in [5.41, 5.74) is 2.03. The van der Waals surface area contributed by atoms with Crippen LogP contribution in [0.1, 0.15) is 11.1 Å². The molecule has 0 heterocycles. The molecule has 0 radical (unpaired) electrons. The average molecular weight is 454 g/mol. The van der Waals surface area contributed by atoms with Crippen LogP contribution in [-0.4, -0.2) is 26.5 Å². The fourth-order valence-corrected chi connectivity index (χ4v) is 3.44. The van der Waals surface area contributed by atoms with E-state index in [0.717, 1.165) is 11.1 Å². The maximum absolute atomic E-state index is 12.9. The molecule has 0 aliphatic carbocycles. The lowest BCUT2D eigenvalue weighted by atomic mass is 10.1. The highest BCUT2D eigenvalue weighted by atomic mass is 32.2. The Morgan fingerprint density at radius 2 is 1.41 bits per heavy atom. The summed E-state index contributed by atoms with van der Waals surface area (Å²) in [4.78, 5) is 25.1. The van der Waals surface area contributed by atoms with Gasteiger partial charge in [0.15, 0.2) is 0 Å². The summed E-state index contributed by atoms with van der Waals surface area (Å²) in [7, 11) is -3.84. The van der Waals surface area contributed by atoms with Gasteiger partial charge in [0, 0.05) is 12.1 Å². The Morgan fingerprint density at radius 3 is 1.97 bits per heavy atom. The SMILES string of the molecule is NS(=O)(=O)c1ccc(NC(=O)[C@H](Cc2ccccc2)NC(=O)OCc2ccccc2)cc1. The molecule has 0 bridgehead atoms. The molecule has 3 aromatic rings. The lowest BCUT2D eigenvalue weighted by Crippen LogP contribution is -2.45. The van der Waals surface area contributed by atoms with Crippen LogP contribution in [0.2, 0.25) is 0 Å². The molecule has 32 heavy (non-hydrogen) atoms. The lowest BCUT2D eigenvalue weighted by Gasteiger charge is -2.19. The summed E-state index contributed by atoms with van der Waals surface area (Å²) in [5, 5.41) is 10.4. The minimum Gasteiger partial charge on any atom is -0.445 e. The molecule has 0 saturated carbocycles. The number of carbonyl (C=O) groups is 2. The van der Waals surface area contributed by atoms with Crippen molar-refractivity contribution in [2.24, 2.45) is 5.14 Å². The highest BCUT2D eigenvalue weighted by molar-refractivity contribution is 7.89. The summed E-state index contributed by atoms with van der Waals surface area (Å²) in [6.07, 6.45) is -0.489. The molecule has 3 aromatic carbocycles. The predicted octanol–water partition coefficient (Wildman–Crippen LogP) is 2.81. The lowest BCUT2D eigenvalue weighted by molar-refractivity contribution is -0.118. The Bertz CT molecular complexity index is 1150. The minimum absolute atomic E-state index is 0.0704. The zero-order chi connectivity index (χ0) is 23.0. The molecule has 0 aliphatic heterocycles. The number of anilines is 1. The normalized spacial score (nSPS) is 11.9. The van der Waals surface area contributed by atoms with Crippen molar-refractivity contribution in [3.63, 3.8) is 0 Å². The van der Waals surface area contributed by atoms with E-state index >= 15 is 0 Å². The molecule has 0 aliphatic rings. The van der Waals surface area contributed by atoms with Crippen LogP contribution in [0.15, 0.2) is 89.8 Å². The monoisotopic (exact) mass is 453 g/mol. The Morgan fingerprint density at radius 1 is 0.844 bits per heavy atom. The van der Waals surface area contributed by atoms with E-state index in [1.54, 1.807) is 0 Å². The number of ether oxygens (including phenoxy) is 1. The second kappa shape index (κ2) is 10.6. The molecular weight excluding hydrogens is 430 g/mol. The molecule has 0 unspecified atom stereocenters. The van der Waals surface area contributed by atoms with Gasteiger partial charge in [0.05, 0.1) is 4.90 Å². The first kappa shape index (κ1) is 23.0. The number of benzene rings is 3. The van der Waals surface area contributed by atoms with Crippen LogP contribution in [0.3, 0.4) is 0 Å². The molecule has 1 atom stereocenters. The average Bonchev–Trinajstić information content (AvgIpc) is 2.78. The summed E-state index contributed by atoms with van der Waals surface area (Å²) < 4.78 is 28.0. The van der Waals surface area contributed by atoms with Gasteiger partial charge >= 0.3 is 6.09 Å². The summed E-state index contributed by atoms with van der Waals surface area (Å²) in [5.74, 6) is -0.478. The van der Waals surface area contributed by atoms with Crippen LogP contribution in [0, 0.1) is 0 Å². The first-order valence-corrected chi connectivity index (χ1v) is 11.3. The van der Waals surface area contributed by atoms with Gasteiger partial charge in [0.2, 0.25) is 15.9 Å². The van der Waals surface area contributed by atoms with Crippen molar-refractivity contribution in [2.45, 2.75) is 24.0 Å². The third-order valence-electron chi connectivity index (χ3n) is 4.55. The summed E-state index contributed by atoms with van der Waals surface area (Å²) in [6, 6.07) is 22.9. The number of nitrogens with two attached hydrogens (primary N) is 1. The van der Waals surface area contributed by atoms with Crippen molar-refractivity contribution < 1.29 is 22.7 Å². The van der Waals surface area contributed by atoms with Crippen molar-refractivity contribution in [3.05, 3.63) is 96.1 Å². The zero-order valence-electron chi connectivity index (χ0n) is 17.1. The first-order chi connectivity index (χ1) is 15.3. The molecule has 3 rings (SSSR count). The molecule has 0 aromatic heterocycles. The number of alkyl carbamates (subject to hydrolysis) is 1. The molecule has 2 amide bonds. The van der Waals surface area contributed by atoms with Gasteiger partial charge in [-0.25, -0.2) is 18.4 Å². The second-order valence-corrected chi connectivity index (χ2v) is 8.57. The van der Waals surface area contributed by atoms with Crippen LogP contribution in [-0.2, 0) is 32.6 Å². The van der Waals surface area contributed by atoms with E-state index in [1.807, 2.05) is 60.7 Å². The van der Waals surface area contributed by atoms with Gasteiger partial charge in [-0.2, -0.15) is 0 Å². The molecule has 4 N–H and O–H groups in total. The standard InChI is InChI=1S/C23H23N3O5S/c24-32(29,30)20-13-11-19(12-14-20)25-22(27)21(15-17-7-3-1-4-8-17)26-23(28)31-16-18-9-5-2-6-10-18/h1-14,21H,15-16H2,(H,25,27)(H,26,28)(H2,24,29,30)/t21-/m0/s1. The molecule has 0 fully saturated rings. The summed E-state index contributed by atoms with van der Waals surface area (Å²) >= 11 is 0. The van der Waals surface area contributed by atoms with Gasteiger partial charge in [0.25, 0.3) is 0 Å². The maximum Gasteiger partial charge on any atom is 0.408 e. The second-order valence-electron chi connectivity index (χ2n) is 7.01. The van der Waals surface area contributed by atoms with E-state index in [-0.39, 0.29) is 17.9 Å². The van der Waals surface area contributed by atoms with Gasteiger partial charge in [0.1, 0.15) is 12.6 Å². The van der Waals surface area contributed by atoms with E-state index in [4.69, 9.17) is 9.88 Å². The summed E-state index contributed by atoms with van der Waals surface area (Å²) in [6.45, 7) is 0.0708. The number of amides is 2. The van der Waals surface area contributed by atoms with Crippen LogP contribution in [0.5, 0.6) is 0 Å². The highest BCUT2D eigenvalue weighted by Gasteiger charge is 2.22. The zero-order valence-corrected chi connectivity index (χ0v) is 17.9. The number of nitrogens with one attached hydrogen (secondary N) is 2. The number of sulfonamides is 1. The topological polar surface area (TPSA) is 128 Å². The Labute approximate surface area is 186 Å². The van der Waals surface area contributed by atoms with Crippen LogP contribution in [0.25, 0.3) is 0 Å². The van der Waals surface area contributed by atoms with E-state index in [2.05, 4.69) is 10.6 Å². The van der Waals surface area contributed by atoms with Crippen molar-refractivity contribution in [3.8, 4) is 0 Å². The Balaban J connectivity index is 1.68. The number of hydrogen-bond donors (Lipinski definition) is 3. The molecule has 0 spiro atoms. The smallest absolute Gasteiger partial charge is 0.408 e. The minimum atomic E-state index is -3.84. The number of rotatable bonds is 8. The highest BCUT2D eigenvalue weighted by Crippen LogP contribution is 2.14. The fraction of sp³-hybridized carbons (Fsp3) is 0.130. The molecule has 8 nitrogen and oxygen atoms in total. The molecular formula is C23H23N3O5S. The number of primary sulfonamides is 1. The van der Waals surface area contributed by atoms with Crippen molar-refractivity contribution in [1.82, 2.24) is 5.32 Å². The van der Waals surface area contributed by atoms with E-state index in [0.29, 0.717) is 5.69 Å². The number of carbonyl (C=O) groups excluding carboxylic acids is 2. The van der Waals surface area contributed by atoms with Crippen molar-refractivity contribution in [1.29, 1.82) is 0 Å². The van der Waals surface area contributed by atoms with E-state index in [9.17, 15) is 18.0 Å². The van der Waals surface area contributed by atoms with E-state index < -0.39 is 28.1 Å². The quantitative estimate of drug-likeness (QED) is 0.483. The van der Waals surface area contributed by atoms with Gasteiger partial charge in [-0.15, -0.1) is 0 Å². The predicted molar refractivity (Wildman–Crippen MR) is 120 cm³/mol. The molecule has 9 heteroatoms. The Kier molecular flexibility index (Phi) is 7.58. The maximum atomic E-state index is 12.9. The molecule has 166 valence electrons. The van der Waals surface area contributed by atoms with Gasteiger partial charge < -0.3 is 15.4 Å². The van der Waals surface area contributed by atoms with Gasteiger partial charge in [-0.1, -0.05) is 60.7 Å². The third kappa shape index (κ3) is 6.93. The van der Waals surface area contributed by atoms with Gasteiger partial charge in [-0.05, 0) is 35.4 Å². The van der Waals surface area contributed by atoms with Gasteiger partial charge in [-0.3, -0.25) is 4.79 Å². The van der Waals surface area contributed by atoms with Crippen molar-refractivity contribution >= 4 is 27.7 Å². The van der Waals surface area contributed by atoms with E-state index in [1.165, 1.54) is 24.3 Å². The molecule has 0 saturated heterocycles. The van der Waals surface area contributed by atoms with Crippen LogP contribution >= 0.6 is 0 Å². The van der Waals surface area contributed by atoms with Crippen molar-refractivity contribution in [2.75, 3.05) is 5.32 Å². The first-order valence-electron chi connectivity index (χ1n) is 9.76. The largest absolute Gasteiger partial charge is 0.445 e. The van der Waals surface area contributed by atoms with Crippen LogP contribution < -0.4 is 15.8 Å². The van der Waals surface area contributed by atoms with Crippen LogP contribution in [0.4, 0.5) is 10.5 Å². The fourth-order valence-electron chi connectivity index (χ4n) is 2.92.